The highest BCUT2D eigenvalue weighted by atomic mass is 79.9. The molecule has 7 heteroatoms. The molecule has 0 spiro atoms. The van der Waals surface area contributed by atoms with Crippen molar-refractivity contribution >= 4 is 38.3 Å². The molecule has 0 unspecified atom stereocenters. The maximum Gasteiger partial charge on any atom is 0.169 e. The number of hydrogen-bond acceptors (Lipinski definition) is 6. The summed E-state index contributed by atoms with van der Waals surface area (Å²) >= 11 is 3.68. The van der Waals surface area contributed by atoms with Gasteiger partial charge in [0.05, 0.1) is 26.8 Å². The Morgan fingerprint density at radius 1 is 0.742 bits per heavy atom. The molecule has 0 fully saturated rings. The van der Waals surface area contributed by atoms with Crippen molar-refractivity contribution in [2.24, 2.45) is 0 Å². The SMILES string of the molecule is COc1cc2nc(Nc3ccccc3)c(Br)c(Oc3ccccc3OC)c2cc1OC. The lowest BCUT2D eigenvalue weighted by molar-refractivity contribution is 0.355. The van der Waals surface area contributed by atoms with Crippen molar-refractivity contribution in [3.8, 4) is 28.7 Å². The number of fused-ring (bicyclic) bond motifs is 1. The van der Waals surface area contributed by atoms with E-state index in [0.717, 1.165) is 11.1 Å². The first-order valence-corrected chi connectivity index (χ1v) is 10.3. The van der Waals surface area contributed by atoms with Crippen molar-refractivity contribution in [3.63, 3.8) is 0 Å². The van der Waals surface area contributed by atoms with Gasteiger partial charge >= 0.3 is 0 Å². The second kappa shape index (κ2) is 9.14. The number of pyridine rings is 1. The fourth-order valence-corrected chi connectivity index (χ4v) is 3.67. The van der Waals surface area contributed by atoms with E-state index in [4.69, 9.17) is 23.9 Å². The highest BCUT2D eigenvalue weighted by Gasteiger charge is 2.20. The number of ether oxygens (including phenoxy) is 4. The van der Waals surface area contributed by atoms with Gasteiger partial charge in [0.1, 0.15) is 10.3 Å². The van der Waals surface area contributed by atoms with E-state index >= 15 is 0 Å². The molecule has 6 nitrogen and oxygen atoms in total. The van der Waals surface area contributed by atoms with Crippen LogP contribution in [0.3, 0.4) is 0 Å². The quantitative estimate of drug-likeness (QED) is 0.323. The number of hydrogen-bond donors (Lipinski definition) is 1. The van der Waals surface area contributed by atoms with Gasteiger partial charge in [-0.15, -0.1) is 0 Å². The van der Waals surface area contributed by atoms with Crippen LogP contribution in [-0.4, -0.2) is 26.3 Å². The number of methoxy groups -OCH3 is 3. The van der Waals surface area contributed by atoms with Crippen LogP contribution in [0.2, 0.25) is 0 Å². The number of rotatable bonds is 7. The molecule has 1 N–H and O–H groups in total. The second-order valence-electron chi connectivity index (χ2n) is 6.57. The maximum atomic E-state index is 6.35. The second-order valence-corrected chi connectivity index (χ2v) is 7.36. The summed E-state index contributed by atoms with van der Waals surface area (Å²) in [6, 6.07) is 21.0. The molecule has 0 radical (unpaired) electrons. The number of nitrogens with zero attached hydrogens (tertiary/aromatic N) is 1. The molecule has 0 aliphatic carbocycles. The van der Waals surface area contributed by atoms with E-state index in [2.05, 4.69) is 21.2 Å². The van der Waals surface area contributed by atoms with Crippen LogP contribution in [0.4, 0.5) is 11.5 Å². The number of halogens is 1. The standard InChI is InChI=1S/C24H21BrN2O4/c1-28-18-11-7-8-12-19(18)31-23-16-13-20(29-2)21(30-3)14-17(16)27-24(22(23)25)26-15-9-5-4-6-10-15/h4-14H,1-3H3,(H,26,27). The van der Waals surface area contributed by atoms with Crippen LogP contribution in [0.25, 0.3) is 10.9 Å². The number of para-hydroxylation sites is 3. The van der Waals surface area contributed by atoms with E-state index in [1.54, 1.807) is 21.3 Å². The molecule has 1 heterocycles. The zero-order valence-electron chi connectivity index (χ0n) is 17.3. The normalized spacial score (nSPS) is 10.6. The van der Waals surface area contributed by atoms with Gasteiger partial charge in [0.15, 0.2) is 28.7 Å². The van der Waals surface area contributed by atoms with E-state index in [1.807, 2.05) is 66.7 Å². The average molecular weight is 481 g/mol. The molecule has 31 heavy (non-hydrogen) atoms. The Balaban J connectivity index is 1.92. The summed E-state index contributed by atoms with van der Waals surface area (Å²) in [4.78, 5) is 4.79. The van der Waals surface area contributed by atoms with Gasteiger partial charge in [-0.1, -0.05) is 30.3 Å². The Labute approximate surface area is 188 Å². The maximum absolute atomic E-state index is 6.35. The zero-order chi connectivity index (χ0) is 21.8. The van der Waals surface area contributed by atoms with Crippen molar-refractivity contribution < 1.29 is 18.9 Å². The van der Waals surface area contributed by atoms with Gasteiger partial charge in [0, 0.05) is 17.1 Å². The molecule has 0 amide bonds. The smallest absolute Gasteiger partial charge is 0.169 e. The molecule has 0 atom stereocenters. The lowest BCUT2D eigenvalue weighted by Gasteiger charge is -2.18. The van der Waals surface area contributed by atoms with Gasteiger partial charge in [-0.2, -0.15) is 0 Å². The van der Waals surface area contributed by atoms with Crippen molar-refractivity contribution in [1.29, 1.82) is 0 Å². The molecule has 0 saturated carbocycles. The van der Waals surface area contributed by atoms with Gasteiger partial charge in [-0.25, -0.2) is 4.98 Å². The number of benzene rings is 3. The first-order chi connectivity index (χ1) is 15.1. The summed E-state index contributed by atoms with van der Waals surface area (Å²) in [5.74, 6) is 3.55. The molecule has 1 aromatic heterocycles. The fourth-order valence-electron chi connectivity index (χ4n) is 3.19. The summed E-state index contributed by atoms with van der Waals surface area (Å²) < 4.78 is 23.4. The van der Waals surface area contributed by atoms with Crippen LogP contribution in [-0.2, 0) is 0 Å². The molecule has 3 aromatic carbocycles. The van der Waals surface area contributed by atoms with E-state index in [9.17, 15) is 0 Å². The Bertz CT molecular complexity index is 1220. The molecule has 4 aromatic rings. The third kappa shape index (κ3) is 4.22. The Kier molecular flexibility index (Phi) is 6.13. The minimum absolute atomic E-state index is 0.578. The van der Waals surface area contributed by atoms with Crippen LogP contribution < -0.4 is 24.3 Å². The summed E-state index contributed by atoms with van der Waals surface area (Å²) in [7, 11) is 4.80. The van der Waals surface area contributed by atoms with Gasteiger partial charge in [-0.3, -0.25) is 0 Å². The minimum atomic E-state index is 0.578. The fraction of sp³-hybridized carbons (Fsp3) is 0.125. The van der Waals surface area contributed by atoms with E-state index in [1.165, 1.54) is 0 Å². The molecule has 0 aliphatic rings. The van der Waals surface area contributed by atoms with Crippen molar-refractivity contribution in [3.05, 3.63) is 71.2 Å². The number of anilines is 2. The summed E-state index contributed by atoms with van der Waals surface area (Å²) in [5, 5.41) is 4.10. The first kappa shape index (κ1) is 20.8. The minimum Gasteiger partial charge on any atom is -0.493 e. The van der Waals surface area contributed by atoms with Gasteiger partial charge < -0.3 is 24.3 Å². The lowest BCUT2D eigenvalue weighted by Crippen LogP contribution is -2.00. The van der Waals surface area contributed by atoms with Crippen molar-refractivity contribution in [2.75, 3.05) is 26.6 Å². The van der Waals surface area contributed by atoms with Crippen LogP contribution in [0.15, 0.2) is 71.2 Å². The van der Waals surface area contributed by atoms with Gasteiger partial charge in [-0.05, 0) is 46.3 Å². The van der Waals surface area contributed by atoms with Gasteiger partial charge in [0.25, 0.3) is 0 Å². The van der Waals surface area contributed by atoms with E-state index in [0.29, 0.717) is 44.6 Å². The predicted molar refractivity (Wildman–Crippen MR) is 125 cm³/mol. The predicted octanol–water partition coefficient (Wildman–Crippen LogP) is 6.56. The monoisotopic (exact) mass is 480 g/mol. The van der Waals surface area contributed by atoms with E-state index < -0.39 is 0 Å². The van der Waals surface area contributed by atoms with Gasteiger partial charge in [0.2, 0.25) is 0 Å². The Morgan fingerprint density at radius 2 is 1.35 bits per heavy atom. The molecular weight excluding hydrogens is 460 g/mol. The van der Waals surface area contributed by atoms with E-state index in [-0.39, 0.29) is 0 Å². The summed E-state index contributed by atoms with van der Waals surface area (Å²) in [5.41, 5.74) is 1.59. The van der Waals surface area contributed by atoms with Crippen LogP contribution in [0.5, 0.6) is 28.7 Å². The topological polar surface area (TPSA) is 61.8 Å². The molecular formula is C24H21BrN2O4. The third-order valence-electron chi connectivity index (χ3n) is 4.70. The lowest BCUT2D eigenvalue weighted by atomic mass is 10.1. The third-order valence-corrected chi connectivity index (χ3v) is 5.44. The van der Waals surface area contributed by atoms with Crippen LogP contribution in [0.1, 0.15) is 0 Å². The number of aromatic nitrogens is 1. The highest BCUT2D eigenvalue weighted by molar-refractivity contribution is 9.10. The average Bonchev–Trinajstić information content (AvgIpc) is 2.81. The summed E-state index contributed by atoms with van der Waals surface area (Å²) in [6.45, 7) is 0. The largest absolute Gasteiger partial charge is 0.493 e. The Morgan fingerprint density at radius 3 is 2.03 bits per heavy atom. The molecule has 0 bridgehead atoms. The highest BCUT2D eigenvalue weighted by Crippen LogP contribution is 2.45. The van der Waals surface area contributed by atoms with Crippen molar-refractivity contribution in [1.82, 2.24) is 4.98 Å². The molecule has 158 valence electrons. The molecule has 0 aliphatic heterocycles. The molecule has 4 rings (SSSR count). The first-order valence-electron chi connectivity index (χ1n) is 9.52. The summed E-state index contributed by atoms with van der Waals surface area (Å²) in [6.07, 6.45) is 0. The van der Waals surface area contributed by atoms with Crippen molar-refractivity contribution in [2.45, 2.75) is 0 Å². The molecule has 0 saturated heterocycles. The zero-order valence-corrected chi connectivity index (χ0v) is 18.9. The Hall–Kier alpha value is -3.45. The number of nitrogens with one attached hydrogen (secondary N) is 1. The van der Waals surface area contributed by atoms with Crippen LogP contribution in [0, 0.1) is 0 Å². The van der Waals surface area contributed by atoms with Crippen LogP contribution >= 0.6 is 15.9 Å².